The molecule has 1 aliphatic rings. The lowest BCUT2D eigenvalue weighted by molar-refractivity contribution is -0.121. The van der Waals surface area contributed by atoms with Gasteiger partial charge >= 0.3 is 0 Å². The zero-order chi connectivity index (χ0) is 18.4. The number of rotatable bonds is 8. The molecule has 7 heteroatoms. The molecule has 0 saturated carbocycles. The van der Waals surface area contributed by atoms with Gasteiger partial charge in [0.2, 0.25) is 5.91 Å². The number of carbonyl (C=O) groups excluding carboxylic acids is 1. The van der Waals surface area contributed by atoms with E-state index < -0.39 is 0 Å². The Bertz CT molecular complexity index is 907. The standard InChI is InChI=1S/C19H25N3O2S2/c23-16(20-11-9-14-6-2-1-3-7-14)8-4-5-12-22-18(24)17-15(10-13-26-17)21-19(22)25/h6,10,13H,1-5,7-9,11-12H2,(H,20,23)(H,21,25). The predicted molar refractivity (Wildman–Crippen MR) is 109 cm³/mol. The van der Waals surface area contributed by atoms with Crippen molar-refractivity contribution in [1.82, 2.24) is 14.9 Å². The number of thiophene rings is 1. The minimum absolute atomic E-state index is 0.0380. The van der Waals surface area contributed by atoms with Crippen LogP contribution in [0.4, 0.5) is 0 Å². The second-order valence-electron chi connectivity index (χ2n) is 6.72. The zero-order valence-electron chi connectivity index (χ0n) is 14.9. The average Bonchev–Trinajstić information content (AvgIpc) is 3.10. The average molecular weight is 392 g/mol. The van der Waals surface area contributed by atoms with Crippen molar-refractivity contribution >= 4 is 39.7 Å². The van der Waals surface area contributed by atoms with Crippen molar-refractivity contribution < 1.29 is 4.79 Å². The molecule has 26 heavy (non-hydrogen) atoms. The molecule has 5 nitrogen and oxygen atoms in total. The molecule has 0 aliphatic heterocycles. The monoisotopic (exact) mass is 391 g/mol. The van der Waals surface area contributed by atoms with Gasteiger partial charge in [0.1, 0.15) is 4.70 Å². The van der Waals surface area contributed by atoms with E-state index in [2.05, 4.69) is 16.4 Å². The van der Waals surface area contributed by atoms with Crippen molar-refractivity contribution in [3.8, 4) is 0 Å². The van der Waals surface area contributed by atoms with Crippen LogP contribution in [0.2, 0.25) is 0 Å². The van der Waals surface area contributed by atoms with Gasteiger partial charge < -0.3 is 10.3 Å². The molecule has 0 atom stereocenters. The molecule has 0 saturated heterocycles. The van der Waals surface area contributed by atoms with E-state index in [1.54, 1.807) is 4.57 Å². The number of hydrogen-bond acceptors (Lipinski definition) is 4. The number of fused-ring (bicyclic) bond motifs is 1. The summed E-state index contributed by atoms with van der Waals surface area (Å²) in [5.41, 5.74) is 2.24. The topological polar surface area (TPSA) is 66.9 Å². The number of amides is 1. The number of unbranched alkanes of at least 4 members (excludes halogenated alkanes) is 1. The second-order valence-corrected chi connectivity index (χ2v) is 8.02. The van der Waals surface area contributed by atoms with Crippen molar-refractivity contribution in [2.24, 2.45) is 0 Å². The summed E-state index contributed by atoms with van der Waals surface area (Å²) in [6.07, 6.45) is 10.2. The van der Waals surface area contributed by atoms with Crippen LogP contribution in [0, 0.1) is 4.77 Å². The number of nitrogens with one attached hydrogen (secondary N) is 2. The third kappa shape index (κ3) is 4.92. The molecule has 1 aliphatic carbocycles. The van der Waals surface area contributed by atoms with Gasteiger partial charge in [-0.1, -0.05) is 11.6 Å². The Balaban J connectivity index is 1.40. The van der Waals surface area contributed by atoms with Crippen LogP contribution in [-0.2, 0) is 11.3 Å². The molecule has 0 bridgehead atoms. The van der Waals surface area contributed by atoms with Gasteiger partial charge in [0.05, 0.1) is 5.52 Å². The summed E-state index contributed by atoms with van der Waals surface area (Å²) in [6.45, 7) is 1.27. The lowest BCUT2D eigenvalue weighted by Gasteiger charge is -2.13. The molecular weight excluding hydrogens is 366 g/mol. The maximum atomic E-state index is 12.4. The van der Waals surface area contributed by atoms with Crippen LogP contribution in [-0.4, -0.2) is 22.0 Å². The van der Waals surface area contributed by atoms with Gasteiger partial charge in [-0.25, -0.2) is 0 Å². The SMILES string of the molecule is O=C(CCCCn1c(=S)[nH]c2ccsc2c1=O)NCCC1=CCCCC1. The van der Waals surface area contributed by atoms with Gasteiger partial charge in [0.15, 0.2) is 4.77 Å². The summed E-state index contributed by atoms with van der Waals surface area (Å²) in [5.74, 6) is 0.0904. The fraction of sp³-hybridized carbons (Fsp3) is 0.526. The maximum Gasteiger partial charge on any atom is 0.272 e. The second kappa shape index (κ2) is 9.28. The van der Waals surface area contributed by atoms with E-state index in [1.165, 1.54) is 42.6 Å². The highest BCUT2D eigenvalue weighted by Gasteiger charge is 2.08. The molecule has 2 heterocycles. The molecule has 0 radical (unpaired) electrons. The fourth-order valence-electron chi connectivity index (χ4n) is 3.31. The summed E-state index contributed by atoms with van der Waals surface area (Å²) < 4.78 is 2.75. The molecule has 0 aromatic carbocycles. The quantitative estimate of drug-likeness (QED) is 0.401. The molecule has 0 unspecified atom stereocenters. The highest BCUT2D eigenvalue weighted by Crippen LogP contribution is 2.19. The Morgan fingerprint density at radius 2 is 2.23 bits per heavy atom. The minimum atomic E-state index is -0.0380. The van der Waals surface area contributed by atoms with Crippen LogP contribution in [0.5, 0.6) is 0 Å². The molecule has 0 spiro atoms. The lowest BCUT2D eigenvalue weighted by Crippen LogP contribution is -2.25. The van der Waals surface area contributed by atoms with E-state index in [9.17, 15) is 9.59 Å². The van der Waals surface area contributed by atoms with E-state index in [0.717, 1.165) is 31.3 Å². The molecule has 1 amide bonds. The maximum absolute atomic E-state index is 12.4. The van der Waals surface area contributed by atoms with Gasteiger partial charge in [-0.15, -0.1) is 11.3 Å². The van der Waals surface area contributed by atoms with Crippen LogP contribution >= 0.6 is 23.6 Å². The van der Waals surface area contributed by atoms with Gasteiger partial charge in [0.25, 0.3) is 5.56 Å². The molecule has 140 valence electrons. The Morgan fingerprint density at radius 1 is 1.35 bits per heavy atom. The molecule has 2 aromatic rings. The van der Waals surface area contributed by atoms with Crippen LogP contribution in [0.3, 0.4) is 0 Å². The summed E-state index contributed by atoms with van der Waals surface area (Å²) in [5, 5.41) is 4.88. The van der Waals surface area contributed by atoms with E-state index in [4.69, 9.17) is 12.2 Å². The number of hydrogen-bond donors (Lipinski definition) is 2. The van der Waals surface area contributed by atoms with Crippen molar-refractivity contribution in [1.29, 1.82) is 0 Å². The molecule has 0 fully saturated rings. The van der Waals surface area contributed by atoms with Crippen molar-refractivity contribution in [2.75, 3.05) is 6.54 Å². The first-order valence-corrected chi connectivity index (χ1v) is 10.6. The van der Waals surface area contributed by atoms with Crippen LogP contribution < -0.4 is 10.9 Å². The summed E-state index contributed by atoms with van der Waals surface area (Å²) in [4.78, 5) is 27.5. The Kier molecular flexibility index (Phi) is 6.80. The fourth-order valence-corrected chi connectivity index (χ4v) is 4.39. The Hall–Kier alpha value is -1.73. The highest BCUT2D eigenvalue weighted by molar-refractivity contribution is 7.71. The number of aromatic amines is 1. The van der Waals surface area contributed by atoms with Gasteiger partial charge in [-0.05, 0) is 68.6 Å². The summed E-state index contributed by atoms with van der Waals surface area (Å²) in [7, 11) is 0. The number of nitrogens with zero attached hydrogens (tertiary/aromatic N) is 1. The molecule has 3 rings (SSSR count). The smallest absolute Gasteiger partial charge is 0.272 e. The minimum Gasteiger partial charge on any atom is -0.356 e. The predicted octanol–water partition coefficient (Wildman–Crippen LogP) is 4.30. The van der Waals surface area contributed by atoms with Gasteiger partial charge in [-0.2, -0.15) is 0 Å². The van der Waals surface area contributed by atoms with Crippen molar-refractivity contribution in [3.63, 3.8) is 0 Å². The number of carbonyl (C=O) groups is 1. The molecular formula is C19H25N3O2S2. The van der Waals surface area contributed by atoms with Gasteiger partial charge in [0, 0.05) is 19.5 Å². The Morgan fingerprint density at radius 3 is 3.04 bits per heavy atom. The highest BCUT2D eigenvalue weighted by atomic mass is 32.1. The third-order valence-electron chi connectivity index (χ3n) is 4.78. The van der Waals surface area contributed by atoms with Crippen molar-refractivity contribution in [3.05, 3.63) is 38.2 Å². The first-order valence-electron chi connectivity index (χ1n) is 9.30. The molecule has 2 aromatic heterocycles. The third-order valence-corrected chi connectivity index (χ3v) is 6.01. The summed E-state index contributed by atoms with van der Waals surface area (Å²) in [6, 6.07) is 1.87. The summed E-state index contributed by atoms with van der Waals surface area (Å²) >= 11 is 6.70. The van der Waals surface area contributed by atoms with E-state index >= 15 is 0 Å². The largest absolute Gasteiger partial charge is 0.356 e. The van der Waals surface area contributed by atoms with E-state index in [-0.39, 0.29) is 11.5 Å². The zero-order valence-corrected chi connectivity index (χ0v) is 16.5. The van der Waals surface area contributed by atoms with Crippen LogP contribution in [0.1, 0.15) is 51.4 Å². The first kappa shape index (κ1) is 19.0. The molecule has 2 N–H and O–H groups in total. The Labute approximate surface area is 162 Å². The number of allylic oxidation sites excluding steroid dienone is 1. The number of H-pyrrole nitrogens is 1. The first-order chi connectivity index (χ1) is 12.6. The van der Waals surface area contributed by atoms with Crippen LogP contribution in [0.15, 0.2) is 27.9 Å². The van der Waals surface area contributed by atoms with Crippen molar-refractivity contribution in [2.45, 2.75) is 57.9 Å². The normalized spacial score (nSPS) is 14.4. The van der Waals surface area contributed by atoms with E-state index in [1.807, 2.05) is 11.4 Å². The number of aromatic nitrogens is 2. The lowest BCUT2D eigenvalue weighted by atomic mass is 9.97. The van der Waals surface area contributed by atoms with Gasteiger partial charge in [-0.3, -0.25) is 14.2 Å². The van der Waals surface area contributed by atoms with E-state index in [0.29, 0.717) is 22.4 Å². The van der Waals surface area contributed by atoms with Crippen LogP contribution in [0.25, 0.3) is 10.2 Å².